The highest BCUT2D eigenvalue weighted by atomic mass is 16.5. The number of esters is 1. The molecule has 23 heavy (non-hydrogen) atoms. The van der Waals surface area contributed by atoms with Gasteiger partial charge in [0.15, 0.2) is 0 Å². The van der Waals surface area contributed by atoms with Crippen LogP contribution in [0.3, 0.4) is 0 Å². The van der Waals surface area contributed by atoms with Crippen molar-refractivity contribution < 1.29 is 14.3 Å². The maximum absolute atomic E-state index is 12.5. The minimum Gasteiger partial charge on any atom is -0.469 e. The highest BCUT2D eigenvalue weighted by Gasteiger charge is 2.32. The number of carbonyl (C=O) groups is 2. The van der Waals surface area contributed by atoms with E-state index in [0.29, 0.717) is 17.8 Å². The van der Waals surface area contributed by atoms with Gasteiger partial charge in [0.2, 0.25) is 0 Å². The molecule has 1 saturated carbocycles. The predicted octanol–water partition coefficient (Wildman–Crippen LogP) is 2.59. The van der Waals surface area contributed by atoms with E-state index < -0.39 is 0 Å². The Bertz CT molecular complexity index is 598. The number of carbonyl (C=O) groups excluding carboxylic acids is 2. The Morgan fingerprint density at radius 3 is 2.65 bits per heavy atom. The third-order valence-electron chi connectivity index (χ3n) is 4.93. The van der Waals surface area contributed by atoms with Gasteiger partial charge in [-0.15, -0.1) is 0 Å². The molecule has 5 nitrogen and oxygen atoms in total. The van der Waals surface area contributed by atoms with E-state index in [9.17, 15) is 9.59 Å². The molecular formula is C18H26N2O3. The third-order valence-corrected chi connectivity index (χ3v) is 4.93. The van der Waals surface area contributed by atoms with E-state index in [1.165, 1.54) is 7.11 Å². The van der Waals surface area contributed by atoms with E-state index in [-0.39, 0.29) is 23.7 Å². The summed E-state index contributed by atoms with van der Waals surface area (Å²) in [6.07, 6.45) is 3.88. The van der Waals surface area contributed by atoms with Gasteiger partial charge in [0.05, 0.1) is 18.6 Å². The normalized spacial score (nSPS) is 20.8. The lowest BCUT2D eigenvalue weighted by molar-refractivity contribution is -0.148. The minimum atomic E-state index is -0.171. The first-order chi connectivity index (χ1) is 11.0. The summed E-state index contributed by atoms with van der Waals surface area (Å²) in [5, 5.41) is 2.96. The first kappa shape index (κ1) is 17.3. The number of nitrogens with one attached hydrogen (secondary N) is 1. The van der Waals surface area contributed by atoms with Crippen LogP contribution in [0, 0.1) is 25.7 Å². The van der Waals surface area contributed by atoms with Gasteiger partial charge in [-0.05, 0) is 49.8 Å². The first-order valence-corrected chi connectivity index (χ1v) is 8.17. The second-order valence-corrected chi connectivity index (χ2v) is 6.36. The summed E-state index contributed by atoms with van der Waals surface area (Å²) in [4.78, 5) is 24.4. The van der Waals surface area contributed by atoms with Gasteiger partial charge >= 0.3 is 5.97 Å². The topological polar surface area (TPSA) is 81.4 Å². The molecule has 2 rings (SSSR count). The van der Waals surface area contributed by atoms with Crippen LogP contribution in [0.5, 0.6) is 0 Å². The minimum absolute atomic E-state index is 0.120. The Balaban J connectivity index is 2.06. The van der Waals surface area contributed by atoms with Crippen molar-refractivity contribution in [1.82, 2.24) is 5.32 Å². The Hall–Kier alpha value is -2.04. The molecule has 0 aliphatic heterocycles. The fraction of sp³-hybridized carbons (Fsp3) is 0.556. The van der Waals surface area contributed by atoms with Crippen molar-refractivity contribution in [3.63, 3.8) is 0 Å². The van der Waals surface area contributed by atoms with Gasteiger partial charge in [-0.25, -0.2) is 0 Å². The van der Waals surface area contributed by atoms with Crippen LogP contribution in [0.1, 0.15) is 47.2 Å². The summed E-state index contributed by atoms with van der Waals surface area (Å²) in [5.74, 6) is -0.329. The molecule has 1 amide bonds. The molecule has 1 aromatic rings. The molecule has 2 atom stereocenters. The van der Waals surface area contributed by atoms with E-state index >= 15 is 0 Å². The maximum Gasteiger partial charge on any atom is 0.309 e. The van der Waals surface area contributed by atoms with Crippen molar-refractivity contribution >= 4 is 17.6 Å². The van der Waals surface area contributed by atoms with Crippen LogP contribution in [-0.2, 0) is 9.53 Å². The number of methoxy groups -OCH3 is 1. The van der Waals surface area contributed by atoms with Crippen LogP contribution >= 0.6 is 0 Å². The summed E-state index contributed by atoms with van der Waals surface area (Å²) < 4.78 is 4.89. The molecule has 0 bridgehead atoms. The van der Waals surface area contributed by atoms with E-state index in [1.54, 1.807) is 6.07 Å². The number of ether oxygens (including phenoxy) is 1. The highest BCUT2D eigenvalue weighted by molar-refractivity contribution is 6.00. The number of benzene rings is 1. The Morgan fingerprint density at radius 1 is 1.26 bits per heavy atom. The van der Waals surface area contributed by atoms with E-state index in [1.807, 2.05) is 19.9 Å². The molecule has 1 aliphatic carbocycles. The van der Waals surface area contributed by atoms with Gasteiger partial charge < -0.3 is 15.8 Å². The summed E-state index contributed by atoms with van der Waals surface area (Å²) in [6, 6.07) is 3.67. The van der Waals surface area contributed by atoms with E-state index in [0.717, 1.165) is 36.8 Å². The maximum atomic E-state index is 12.5. The fourth-order valence-corrected chi connectivity index (χ4v) is 3.36. The Morgan fingerprint density at radius 2 is 1.96 bits per heavy atom. The van der Waals surface area contributed by atoms with Crippen LogP contribution < -0.4 is 11.1 Å². The number of aryl methyl sites for hydroxylation is 1. The van der Waals surface area contributed by atoms with Crippen molar-refractivity contribution in [3.05, 3.63) is 28.8 Å². The zero-order valence-electron chi connectivity index (χ0n) is 14.1. The summed E-state index contributed by atoms with van der Waals surface area (Å²) >= 11 is 0. The zero-order chi connectivity index (χ0) is 17.0. The van der Waals surface area contributed by atoms with Crippen molar-refractivity contribution in [2.75, 3.05) is 19.4 Å². The lowest BCUT2D eigenvalue weighted by Crippen LogP contribution is -2.38. The SMILES string of the molecule is COC(=O)C1CCCCC1CNC(=O)c1c(N)ccc(C)c1C. The van der Waals surface area contributed by atoms with Gasteiger partial charge in [-0.2, -0.15) is 0 Å². The fourth-order valence-electron chi connectivity index (χ4n) is 3.36. The second-order valence-electron chi connectivity index (χ2n) is 6.36. The van der Waals surface area contributed by atoms with Crippen molar-refractivity contribution in [3.8, 4) is 0 Å². The molecule has 1 fully saturated rings. The molecule has 5 heteroatoms. The van der Waals surface area contributed by atoms with E-state index in [2.05, 4.69) is 5.32 Å². The molecular weight excluding hydrogens is 292 g/mol. The monoisotopic (exact) mass is 318 g/mol. The zero-order valence-corrected chi connectivity index (χ0v) is 14.1. The number of hydrogen-bond acceptors (Lipinski definition) is 4. The van der Waals surface area contributed by atoms with Crippen LogP contribution in [0.15, 0.2) is 12.1 Å². The Labute approximate surface area is 137 Å². The Kier molecular flexibility index (Phi) is 5.64. The first-order valence-electron chi connectivity index (χ1n) is 8.17. The van der Waals surface area contributed by atoms with Crippen molar-refractivity contribution in [2.24, 2.45) is 11.8 Å². The van der Waals surface area contributed by atoms with E-state index in [4.69, 9.17) is 10.5 Å². The smallest absolute Gasteiger partial charge is 0.309 e. The lowest BCUT2D eigenvalue weighted by atomic mass is 9.79. The highest BCUT2D eigenvalue weighted by Crippen LogP contribution is 2.30. The van der Waals surface area contributed by atoms with Crippen molar-refractivity contribution in [2.45, 2.75) is 39.5 Å². The van der Waals surface area contributed by atoms with Gasteiger partial charge in [0, 0.05) is 12.2 Å². The molecule has 126 valence electrons. The predicted molar refractivity (Wildman–Crippen MR) is 90.1 cm³/mol. The van der Waals surface area contributed by atoms with Crippen molar-refractivity contribution in [1.29, 1.82) is 0 Å². The number of rotatable bonds is 4. The molecule has 0 radical (unpaired) electrons. The average molecular weight is 318 g/mol. The standard InChI is InChI=1S/C18H26N2O3/c1-11-8-9-15(19)16(12(11)2)17(21)20-10-13-6-4-5-7-14(13)18(22)23-3/h8-9,13-14H,4-7,10,19H2,1-3H3,(H,20,21). The molecule has 1 aliphatic rings. The summed E-state index contributed by atoms with van der Waals surface area (Å²) in [7, 11) is 1.42. The number of amides is 1. The van der Waals surface area contributed by atoms with Crippen LogP contribution in [0.2, 0.25) is 0 Å². The molecule has 0 aromatic heterocycles. The molecule has 2 unspecified atom stereocenters. The van der Waals surface area contributed by atoms with Crippen LogP contribution in [0.25, 0.3) is 0 Å². The summed E-state index contributed by atoms with van der Waals surface area (Å²) in [5.41, 5.74) is 8.92. The van der Waals surface area contributed by atoms with Gasteiger partial charge in [0.1, 0.15) is 0 Å². The molecule has 3 N–H and O–H groups in total. The number of hydrogen-bond donors (Lipinski definition) is 2. The molecule has 0 spiro atoms. The van der Waals surface area contributed by atoms with Gasteiger partial charge in [-0.3, -0.25) is 9.59 Å². The van der Waals surface area contributed by atoms with Crippen LogP contribution in [-0.4, -0.2) is 25.5 Å². The largest absolute Gasteiger partial charge is 0.469 e. The molecule has 0 saturated heterocycles. The third kappa shape index (κ3) is 3.84. The summed E-state index contributed by atoms with van der Waals surface area (Å²) in [6.45, 7) is 4.34. The average Bonchev–Trinajstić information content (AvgIpc) is 2.56. The quantitative estimate of drug-likeness (QED) is 0.660. The number of nitrogen functional groups attached to an aromatic ring is 1. The second kappa shape index (κ2) is 7.49. The van der Waals surface area contributed by atoms with Gasteiger partial charge in [-0.1, -0.05) is 18.9 Å². The lowest BCUT2D eigenvalue weighted by Gasteiger charge is -2.29. The van der Waals surface area contributed by atoms with Crippen LogP contribution in [0.4, 0.5) is 5.69 Å². The number of anilines is 1. The van der Waals surface area contributed by atoms with Gasteiger partial charge in [0.25, 0.3) is 5.91 Å². The molecule has 1 aromatic carbocycles. The number of nitrogens with two attached hydrogens (primary N) is 1. The molecule has 0 heterocycles.